The molecule has 0 spiro atoms. The molecule has 0 radical (unpaired) electrons. The van der Waals surface area contributed by atoms with Crippen molar-refractivity contribution >= 4 is 0 Å². The lowest BCUT2D eigenvalue weighted by Gasteiger charge is -2.15. The van der Waals surface area contributed by atoms with E-state index in [-0.39, 0.29) is 0 Å². The number of unbranched alkanes of at least 4 members (excludes halogenated alkanes) is 1. The molecule has 0 saturated heterocycles. The van der Waals surface area contributed by atoms with E-state index in [0.717, 1.165) is 26.0 Å². The molecule has 0 amide bonds. The van der Waals surface area contributed by atoms with Crippen LogP contribution < -0.4 is 5.32 Å². The van der Waals surface area contributed by atoms with Crippen molar-refractivity contribution in [3.8, 4) is 0 Å². The Hall–Kier alpha value is -1.12. The van der Waals surface area contributed by atoms with E-state index in [1.807, 2.05) is 6.08 Å². The summed E-state index contributed by atoms with van der Waals surface area (Å²) >= 11 is 0. The van der Waals surface area contributed by atoms with Crippen LogP contribution >= 0.6 is 0 Å². The fourth-order valence-corrected chi connectivity index (χ4v) is 1.99. The van der Waals surface area contributed by atoms with Crippen LogP contribution in [0.25, 0.3) is 0 Å². The van der Waals surface area contributed by atoms with Gasteiger partial charge >= 0.3 is 0 Å². The number of allylic oxidation sites excluding steroid dienone is 1. The highest BCUT2D eigenvalue weighted by Crippen LogP contribution is 2.15. The summed E-state index contributed by atoms with van der Waals surface area (Å²) in [7, 11) is 0. The minimum Gasteiger partial charge on any atom is -0.377 e. The average Bonchev–Trinajstić information content (AvgIpc) is 2.45. The Kier molecular flexibility index (Phi) is 8.24. The van der Waals surface area contributed by atoms with E-state index < -0.39 is 0 Å². The van der Waals surface area contributed by atoms with Crippen LogP contribution in [-0.4, -0.2) is 19.2 Å². The summed E-state index contributed by atoms with van der Waals surface area (Å²) in [6.45, 7) is 12.9. The zero-order valence-corrected chi connectivity index (χ0v) is 13.2. The smallest absolute Gasteiger partial charge is 0.0716 e. The Morgan fingerprint density at radius 2 is 1.90 bits per heavy atom. The quantitative estimate of drug-likeness (QED) is 0.508. The van der Waals surface area contributed by atoms with E-state index in [4.69, 9.17) is 4.74 Å². The van der Waals surface area contributed by atoms with Crippen LogP contribution in [-0.2, 0) is 11.3 Å². The van der Waals surface area contributed by atoms with E-state index in [0.29, 0.717) is 18.6 Å². The average molecular weight is 275 g/mol. The molecule has 0 aliphatic carbocycles. The lowest BCUT2D eigenvalue weighted by molar-refractivity contribution is 0.119. The molecule has 0 heterocycles. The Bertz CT molecular complexity index is 370. The fraction of sp³-hybridized carbons (Fsp3) is 0.556. The van der Waals surface area contributed by atoms with Gasteiger partial charge in [-0.3, -0.25) is 0 Å². The third-order valence-electron chi connectivity index (χ3n) is 3.35. The van der Waals surface area contributed by atoms with Gasteiger partial charge in [0.15, 0.2) is 0 Å². The van der Waals surface area contributed by atoms with Gasteiger partial charge in [-0.15, -0.1) is 6.58 Å². The molecule has 1 N–H and O–H groups in total. The van der Waals surface area contributed by atoms with Gasteiger partial charge in [0.05, 0.1) is 6.61 Å². The van der Waals surface area contributed by atoms with Crippen LogP contribution in [0.1, 0.15) is 50.7 Å². The van der Waals surface area contributed by atoms with E-state index in [2.05, 4.69) is 56.9 Å². The molecule has 0 aromatic heterocycles. The van der Waals surface area contributed by atoms with Gasteiger partial charge in [0.2, 0.25) is 0 Å². The molecule has 0 aliphatic heterocycles. The van der Waals surface area contributed by atoms with Crippen molar-refractivity contribution in [3.05, 3.63) is 48.0 Å². The summed E-state index contributed by atoms with van der Waals surface area (Å²) < 4.78 is 5.64. The van der Waals surface area contributed by atoms with Gasteiger partial charge in [0.25, 0.3) is 0 Å². The Balaban J connectivity index is 2.33. The summed E-state index contributed by atoms with van der Waals surface area (Å²) in [4.78, 5) is 0. The maximum atomic E-state index is 5.64. The minimum absolute atomic E-state index is 0.542. The van der Waals surface area contributed by atoms with Crippen molar-refractivity contribution in [2.75, 3.05) is 13.2 Å². The second-order valence-corrected chi connectivity index (χ2v) is 5.69. The van der Waals surface area contributed by atoms with Crippen molar-refractivity contribution < 1.29 is 4.74 Å². The van der Waals surface area contributed by atoms with Crippen molar-refractivity contribution in [2.45, 2.75) is 52.2 Å². The second kappa shape index (κ2) is 9.73. The number of hydrogen-bond donors (Lipinski definition) is 1. The number of benzene rings is 1. The Morgan fingerprint density at radius 1 is 1.20 bits per heavy atom. The third kappa shape index (κ3) is 6.88. The van der Waals surface area contributed by atoms with Crippen molar-refractivity contribution in [1.29, 1.82) is 0 Å². The number of rotatable bonds is 10. The van der Waals surface area contributed by atoms with Gasteiger partial charge in [-0.05, 0) is 29.9 Å². The molecule has 1 rings (SSSR count). The monoisotopic (exact) mass is 275 g/mol. The number of nitrogens with one attached hydrogen (secondary N) is 1. The summed E-state index contributed by atoms with van der Waals surface area (Å²) in [6, 6.07) is 9.33. The molecule has 1 aromatic carbocycles. The van der Waals surface area contributed by atoms with Crippen LogP contribution in [0, 0.1) is 0 Å². The van der Waals surface area contributed by atoms with Gasteiger partial charge in [0.1, 0.15) is 0 Å². The molecule has 0 aliphatic rings. The Morgan fingerprint density at radius 3 is 2.50 bits per heavy atom. The van der Waals surface area contributed by atoms with E-state index in [1.165, 1.54) is 11.1 Å². The first-order valence-electron chi connectivity index (χ1n) is 7.64. The first-order chi connectivity index (χ1) is 9.63. The maximum Gasteiger partial charge on any atom is 0.0716 e. The summed E-state index contributed by atoms with van der Waals surface area (Å²) in [5.41, 5.74) is 2.63. The molecule has 2 nitrogen and oxygen atoms in total. The van der Waals surface area contributed by atoms with Crippen LogP contribution in [0.15, 0.2) is 36.9 Å². The van der Waals surface area contributed by atoms with Crippen molar-refractivity contribution in [2.24, 2.45) is 0 Å². The van der Waals surface area contributed by atoms with Gasteiger partial charge in [-0.2, -0.15) is 0 Å². The molecule has 1 aromatic rings. The van der Waals surface area contributed by atoms with Gasteiger partial charge in [-0.1, -0.05) is 51.1 Å². The lowest BCUT2D eigenvalue weighted by atomic mass is 9.99. The predicted molar refractivity (Wildman–Crippen MR) is 87.1 cm³/mol. The summed E-state index contributed by atoms with van der Waals surface area (Å²) in [6.07, 6.45) is 4.02. The normalized spacial score (nSPS) is 12.6. The van der Waals surface area contributed by atoms with Crippen molar-refractivity contribution in [1.82, 2.24) is 5.32 Å². The molecule has 2 heteroatoms. The highest BCUT2D eigenvalue weighted by atomic mass is 16.5. The standard InChI is InChI=1S/C18H29NO/c1-5-6-7-12-20-14-17-8-10-18(11-9-17)16(4)13-19-15(2)3/h5,8-11,15-16,19H,1,6-7,12-14H2,2-4H3. The van der Waals surface area contributed by atoms with Crippen molar-refractivity contribution in [3.63, 3.8) is 0 Å². The summed E-state index contributed by atoms with van der Waals surface area (Å²) in [5, 5.41) is 3.48. The number of hydrogen-bond acceptors (Lipinski definition) is 2. The highest BCUT2D eigenvalue weighted by Gasteiger charge is 2.06. The highest BCUT2D eigenvalue weighted by molar-refractivity contribution is 5.24. The Labute approximate surface area is 124 Å². The molecule has 1 atom stereocenters. The van der Waals surface area contributed by atoms with E-state index in [1.54, 1.807) is 0 Å². The zero-order chi connectivity index (χ0) is 14.8. The molecule has 112 valence electrons. The first-order valence-corrected chi connectivity index (χ1v) is 7.64. The lowest BCUT2D eigenvalue weighted by Crippen LogP contribution is -2.26. The molecule has 1 unspecified atom stereocenters. The number of ether oxygens (including phenoxy) is 1. The molecular weight excluding hydrogens is 246 g/mol. The first kappa shape index (κ1) is 16.9. The van der Waals surface area contributed by atoms with Crippen LogP contribution in [0.3, 0.4) is 0 Å². The van der Waals surface area contributed by atoms with Crippen LogP contribution in [0.2, 0.25) is 0 Å². The second-order valence-electron chi connectivity index (χ2n) is 5.69. The minimum atomic E-state index is 0.542. The molecule has 0 fully saturated rings. The van der Waals surface area contributed by atoms with Crippen LogP contribution in [0.4, 0.5) is 0 Å². The maximum absolute atomic E-state index is 5.64. The van der Waals surface area contributed by atoms with Gasteiger partial charge < -0.3 is 10.1 Å². The van der Waals surface area contributed by atoms with Gasteiger partial charge in [0, 0.05) is 19.2 Å². The zero-order valence-electron chi connectivity index (χ0n) is 13.2. The molecule has 0 bridgehead atoms. The van der Waals surface area contributed by atoms with Gasteiger partial charge in [-0.25, -0.2) is 0 Å². The fourth-order valence-electron chi connectivity index (χ4n) is 1.99. The molecular formula is C18H29NO. The summed E-state index contributed by atoms with van der Waals surface area (Å²) in [5.74, 6) is 0.542. The van der Waals surface area contributed by atoms with Crippen LogP contribution in [0.5, 0.6) is 0 Å². The van der Waals surface area contributed by atoms with E-state index >= 15 is 0 Å². The largest absolute Gasteiger partial charge is 0.377 e. The SMILES string of the molecule is C=CCCCOCc1ccc(C(C)CNC(C)C)cc1. The predicted octanol–water partition coefficient (Wildman–Crippen LogP) is 4.27. The molecule has 20 heavy (non-hydrogen) atoms. The topological polar surface area (TPSA) is 21.3 Å². The third-order valence-corrected chi connectivity index (χ3v) is 3.35. The van der Waals surface area contributed by atoms with E-state index in [9.17, 15) is 0 Å². The molecule has 0 saturated carbocycles.